The number of nitrogens with zero attached hydrogens (tertiary/aromatic N) is 1. The van der Waals surface area contributed by atoms with Gasteiger partial charge < -0.3 is 20.3 Å². The molecule has 6 nitrogen and oxygen atoms in total. The summed E-state index contributed by atoms with van der Waals surface area (Å²) in [6, 6.07) is 10.9. The van der Waals surface area contributed by atoms with Crippen LogP contribution in [0.5, 0.6) is 11.5 Å². The predicted octanol–water partition coefficient (Wildman–Crippen LogP) is 3.12. The number of benzene rings is 1. The van der Waals surface area contributed by atoms with E-state index in [0.717, 1.165) is 11.3 Å². The molecular formula is C18H20N2O4. The van der Waals surface area contributed by atoms with E-state index < -0.39 is 6.09 Å². The number of carboxylic acid groups (broad SMARTS) is 1. The number of ether oxygens (including phenoxy) is 1. The second-order valence-corrected chi connectivity index (χ2v) is 6.09. The molecule has 3 rings (SSSR count). The highest BCUT2D eigenvalue weighted by Crippen LogP contribution is 2.28. The van der Waals surface area contributed by atoms with Gasteiger partial charge in [-0.1, -0.05) is 19.1 Å². The summed E-state index contributed by atoms with van der Waals surface area (Å²) >= 11 is 0. The normalized spacial score (nSPS) is 20.7. The first-order valence-corrected chi connectivity index (χ1v) is 7.92. The van der Waals surface area contributed by atoms with E-state index in [1.165, 1.54) is 0 Å². The van der Waals surface area contributed by atoms with Crippen molar-refractivity contribution in [3.05, 3.63) is 53.9 Å². The molecule has 24 heavy (non-hydrogen) atoms. The summed E-state index contributed by atoms with van der Waals surface area (Å²) in [5, 5.41) is 20.4. The molecule has 3 N–H and O–H groups in total. The zero-order valence-corrected chi connectivity index (χ0v) is 13.3. The van der Waals surface area contributed by atoms with Crippen LogP contribution in [0.2, 0.25) is 0 Å². The third-order valence-corrected chi connectivity index (χ3v) is 4.32. The van der Waals surface area contributed by atoms with E-state index in [9.17, 15) is 9.90 Å². The van der Waals surface area contributed by atoms with Gasteiger partial charge >= 0.3 is 6.09 Å². The van der Waals surface area contributed by atoms with Gasteiger partial charge in [-0.25, -0.2) is 4.79 Å². The molecule has 0 spiro atoms. The van der Waals surface area contributed by atoms with Crippen molar-refractivity contribution in [3.63, 3.8) is 0 Å². The molecule has 126 valence electrons. The second-order valence-electron chi connectivity index (χ2n) is 6.09. The Kier molecular flexibility index (Phi) is 4.55. The third-order valence-electron chi connectivity index (χ3n) is 4.32. The highest BCUT2D eigenvalue weighted by molar-refractivity contribution is 5.65. The van der Waals surface area contributed by atoms with Crippen molar-refractivity contribution in [1.29, 1.82) is 0 Å². The Hall–Kier alpha value is -2.76. The van der Waals surface area contributed by atoms with E-state index >= 15 is 0 Å². The number of aromatic nitrogens is 1. The van der Waals surface area contributed by atoms with Gasteiger partial charge in [-0.3, -0.25) is 4.98 Å². The number of phenolic OH excluding ortho intramolecular Hbond substituents is 1. The Morgan fingerprint density at radius 3 is 2.54 bits per heavy atom. The molecule has 1 aliphatic carbocycles. The summed E-state index contributed by atoms with van der Waals surface area (Å²) < 4.78 is 5.79. The SMILES string of the molecule is CC(c1ccc(O)cc1)c1ccc(O[C@H]2C[C@H](NC(=O)O)C2)cn1. The van der Waals surface area contributed by atoms with Crippen LogP contribution in [-0.2, 0) is 0 Å². The van der Waals surface area contributed by atoms with Gasteiger partial charge in [0.05, 0.1) is 6.20 Å². The highest BCUT2D eigenvalue weighted by atomic mass is 16.5. The Morgan fingerprint density at radius 1 is 1.25 bits per heavy atom. The highest BCUT2D eigenvalue weighted by Gasteiger charge is 2.32. The number of aromatic hydroxyl groups is 1. The van der Waals surface area contributed by atoms with Crippen LogP contribution in [0.15, 0.2) is 42.6 Å². The summed E-state index contributed by atoms with van der Waals surface area (Å²) in [5.74, 6) is 1.06. The third kappa shape index (κ3) is 3.76. The lowest BCUT2D eigenvalue weighted by atomic mass is 9.89. The Bertz CT molecular complexity index is 694. The van der Waals surface area contributed by atoms with Gasteiger partial charge in [-0.05, 0) is 29.8 Å². The molecule has 6 heteroatoms. The Morgan fingerprint density at radius 2 is 1.96 bits per heavy atom. The molecule has 1 aromatic carbocycles. The number of phenols is 1. The number of nitrogens with one attached hydrogen (secondary N) is 1. The molecular weight excluding hydrogens is 308 g/mol. The second kappa shape index (κ2) is 6.78. The van der Waals surface area contributed by atoms with E-state index in [1.807, 2.05) is 24.3 Å². The summed E-state index contributed by atoms with van der Waals surface area (Å²) in [6.07, 6.45) is 2.09. The monoisotopic (exact) mass is 328 g/mol. The number of hydrogen-bond acceptors (Lipinski definition) is 4. The molecule has 0 radical (unpaired) electrons. The van der Waals surface area contributed by atoms with Crippen LogP contribution in [0.25, 0.3) is 0 Å². The number of pyridine rings is 1. The molecule has 2 aromatic rings. The van der Waals surface area contributed by atoms with Gasteiger partial charge in [0.15, 0.2) is 0 Å². The van der Waals surface area contributed by atoms with Crippen molar-refractivity contribution in [2.75, 3.05) is 0 Å². The number of rotatable bonds is 5. The van der Waals surface area contributed by atoms with E-state index in [1.54, 1.807) is 18.3 Å². The molecule has 0 saturated heterocycles. The summed E-state index contributed by atoms with van der Waals surface area (Å²) in [6.45, 7) is 2.06. The number of amides is 1. The molecule has 1 fully saturated rings. The minimum Gasteiger partial charge on any atom is -0.508 e. The quantitative estimate of drug-likeness (QED) is 0.784. The summed E-state index contributed by atoms with van der Waals surface area (Å²) in [7, 11) is 0. The first-order valence-electron chi connectivity index (χ1n) is 7.92. The van der Waals surface area contributed by atoms with Crippen molar-refractivity contribution < 1.29 is 19.7 Å². The minimum absolute atomic E-state index is 0.0192. The predicted molar refractivity (Wildman–Crippen MR) is 88.5 cm³/mol. The van der Waals surface area contributed by atoms with Crippen LogP contribution in [0.4, 0.5) is 4.79 Å². The minimum atomic E-state index is -0.993. The lowest BCUT2D eigenvalue weighted by Crippen LogP contribution is -2.48. The number of hydrogen-bond donors (Lipinski definition) is 3. The smallest absolute Gasteiger partial charge is 0.404 e. The van der Waals surface area contributed by atoms with Gasteiger partial charge in [0.2, 0.25) is 0 Å². The van der Waals surface area contributed by atoms with Crippen LogP contribution in [0, 0.1) is 0 Å². The summed E-state index contributed by atoms with van der Waals surface area (Å²) in [5.41, 5.74) is 2.00. The van der Waals surface area contributed by atoms with Gasteiger partial charge in [-0.2, -0.15) is 0 Å². The fourth-order valence-corrected chi connectivity index (χ4v) is 2.80. The average Bonchev–Trinajstić information content (AvgIpc) is 2.53. The first-order chi connectivity index (χ1) is 11.5. The lowest BCUT2D eigenvalue weighted by Gasteiger charge is -2.34. The molecule has 1 amide bonds. The number of carbonyl (C=O) groups is 1. The molecule has 1 unspecified atom stereocenters. The largest absolute Gasteiger partial charge is 0.508 e. The average molecular weight is 328 g/mol. The fraction of sp³-hybridized carbons (Fsp3) is 0.333. The molecule has 1 aliphatic rings. The van der Waals surface area contributed by atoms with E-state index in [4.69, 9.17) is 9.84 Å². The fourth-order valence-electron chi connectivity index (χ4n) is 2.80. The van der Waals surface area contributed by atoms with E-state index in [2.05, 4.69) is 17.2 Å². The summed E-state index contributed by atoms with van der Waals surface area (Å²) in [4.78, 5) is 15.0. The molecule has 0 bridgehead atoms. The van der Waals surface area contributed by atoms with Crippen molar-refractivity contribution in [1.82, 2.24) is 10.3 Å². The molecule has 1 aromatic heterocycles. The molecule has 1 atom stereocenters. The molecule has 1 saturated carbocycles. The first kappa shape index (κ1) is 16.1. The van der Waals surface area contributed by atoms with Crippen LogP contribution < -0.4 is 10.1 Å². The van der Waals surface area contributed by atoms with Crippen molar-refractivity contribution >= 4 is 6.09 Å². The molecule has 0 aliphatic heterocycles. The van der Waals surface area contributed by atoms with Gasteiger partial charge in [0.1, 0.15) is 17.6 Å². The van der Waals surface area contributed by atoms with Crippen LogP contribution in [0.1, 0.15) is 36.9 Å². The standard InChI is InChI=1S/C18H20N2O4/c1-11(12-2-4-14(21)5-3-12)17-7-6-15(10-19-17)24-16-8-13(9-16)20-18(22)23/h2-7,10-11,13,16,20-21H,8-9H2,1H3,(H,22,23)/t11?,13-,16-. The van der Waals surface area contributed by atoms with Gasteiger partial charge in [-0.15, -0.1) is 0 Å². The van der Waals surface area contributed by atoms with Crippen molar-refractivity contribution in [3.8, 4) is 11.5 Å². The van der Waals surface area contributed by atoms with Crippen LogP contribution >= 0.6 is 0 Å². The van der Waals surface area contributed by atoms with Crippen LogP contribution in [-0.4, -0.2) is 33.4 Å². The Balaban J connectivity index is 1.56. The van der Waals surface area contributed by atoms with Crippen LogP contribution in [0.3, 0.4) is 0 Å². The van der Waals surface area contributed by atoms with E-state index in [-0.39, 0.29) is 23.8 Å². The zero-order valence-electron chi connectivity index (χ0n) is 13.3. The van der Waals surface area contributed by atoms with Crippen molar-refractivity contribution in [2.24, 2.45) is 0 Å². The topological polar surface area (TPSA) is 91.7 Å². The maximum Gasteiger partial charge on any atom is 0.404 e. The maximum atomic E-state index is 10.5. The maximum absolute atomic E-state index is 10.5. The van der Waals surface area contributed by atoms with Gasteiger partial charge in [0, 0.05) is 30.5 Å². The Labute approximate surface area is 140 Å². The van der Waals surface area contributed by atoms with Gasteiger partial charge in [0.25, 0.3) is 0 Å². The lowest BCUT2D eigenvalue weighted by molar-refractivity contribution is 0.0830. The molecule has 1 heterocycles. The zero-order chi connectivity index (χ0) is 17.1. The van der Waals surface area contributed by atoms with Crippen molar-refractivity contribution in [2.45, 2.75) is 37.8 Å². The van der Waals surface area contributed by atoms with E-state index in [0.29, 0.717) is 18.6 Å².